The standard InChI is InChI=1S/C19H18ClF2N5O2/c1-11(26-18(28)14-4-2-12(20)6-17(14)23)19(29,8-27-10-24-9-25-27)15-5-3-13(21)7-16(15)22/h2-7,9-11,29H,8,23H2,1H3,(H,26,28). The number of rotatable bonds is 6. The van der Waals surface area contributed by atoms with Gasteiger partial charge >= 0.3 is 0 Å². The van der Waals surface area contributed by atoms with Gasteiger partial charge in [-0.2, -0.15) is 5.10 Å². The van der Waals surface area contributed by atoms with Crippen molar-refractivity contribution in [3.05, 3.63) is 76.8 Å². The number of carbonyl (C=O) groups excluding carboxylic acids is 1. The maximum Gasteiger partial charge on any atom is 0.253 e. The van der Waals surface area contributed by atoms with Gasteiger partial charge in [0.2, 0.25) is 0 Å². The van der Waals surface area contributed by atoms with Crippen LogP contribution in [0.4, 0.5) is 14.5 Å². The van der Waals surface area contributed by atoms with Crippen LogP contribution in [-0.4, -0.2) is 31.8 Å². The Morgan fingerprint density at radius 3 is 2.72 bits per heavy atom. The monoisotopic (exact) mass is 421 g/mol. The highest BCUT2D eigenvalue weighted by molar-refractivity contribution is 6.31. The van der Waals surface area contributed by atoms with E-state index in [2.05, 4.69) is 15.4 Å². The zero-order valence-corrected chi connectivity index (χ0v) is 16.1. The molecule has 3 aromatic rings. The second kappa shape index (κ2) is 8.14. The third-order valence-corrected chi connectivity index (χ3v) is 4.82. The number of benzene rings is 2. The molecular formula is C19H18ClF2N5O2. The average molecular weight is 422 g/mol. The van der Waals surface area contributed by atoms with E-state index in [4.69, 9.17) is 17.3 Å². The number of aromatic nitrogens is 3. The fourth-order valence-electron chi connectivity index (χ4n) is 2.99. The van der Waals surface area contributed by atoms with E-state index >= 15 is 0 Å². The fourth-order valence-corrected chi connectivity index (χ4v) is 3.17. The summed E-state index contributed by atoms with van der Waals surface area (Å²) in [6.07, 6.45) is 2.58. The van der Waals surface area contributed by atoms with Crippen LogP contribution in [0.5, 0.6) is 0 Å². The molecule has 0 fully saturated rings. The van der Waals surface area contributed by atoms with Crippen molar-refractivity contribution in [1.29, 1.82) is 0 Å². The molecule has 0 bridgehead atoms. The van der Waals surface area contributed by atoms with Crippen LogP contribution in [0.25, 0.3) is 0 Å². The van der Waals surface area contributed by atoms with Gasteiger partial charge in [-0.25, -0.2) is 18.4 Å². The molecule has 10 heteroatoms. The average Bonchev–Trinajstić information content (AvgIpc) is 3.14. The Bertz CT molecular complexity index is 1030. The van der Waals surface area contributed by atoms with Crippen molar-refractivity contribution in [1.82, 2.24) is 20.1 Å². The molecule has 7 nitrogen and oxygen atoms in total. The second-order valence-corrected chi connectivity index (χ2v) is 7.00. The molecule has 29 heavy (non-hydrogen) atoms. The molecule has 2 unspecified atom stereocenters. The van der Waals surface area contributed by atoms with Gasteiger partial charge in [0.05, 0.1) is 18.2 Å². The third kappa shape index (κ3) is 4.36. The van der Waals surface area contributed by atoms with Gasteiger partial charge < -0.3 is 16.2 Å². The minimum atomic E-state index is -1.97. The van der Waals surface area contributed by atoms with Gasteiger partial charge in [-0.05, 0) is 31.2 Å². The summed E-state index contributed by atoms with van der Waals surface area (Å²) in [4.78, 5) is 16.5. The summed E-state index contributed by atoms with van der Waals surface area (Å²) in [5.41, 5.74) is 3.96. The second-order valence-electron chi connectivity index (χ2n) is 6.57. The van der Waals surface area contributed by atoms with Crippen LogP contribution in [0.3, 0.4) is 0 Å². The Morgan fingerprint density at radius 1 is 1.34 bits per heavy atom. The van der Waals surface area contributed by atoms with Crippen molar-refractivity contribution in [2.75, 3.05) is 5.73 Å². The molecular weight excluding hydrogens is 404 g/mol. The zero-order valence-electron chi connectivity index (χ0n) is 15.3. The van der Waals surface area contributed by atoms with Crippen molar-refractivity contribution in [2.24, 2.45) is 0 Å². The maximum absolute atomic E-state index is 14.5. The molecule has 3 rings (SSSR count). The van der Waals surface area contributed by atoms with Gasteiger partial charge in [-0.3, -0.25) is 4.79 Å². The van der Waals surface area contributed by atoms with Crippen molar-refractivity contribution in [2.45, 2.75) is 25.1 Å². The smallest absolute Gasteiger partial charge is 0.253 e. The number of halogens is 3. The highest BCUT2D eigenvalue weighted by Gasteiger charge is 2.40. The lowest BCUT2D eigenvalue weighted by molar-refractivity contribution is -0.0186. The molecule has 1 aromatic heterocycles. The summed E-state index contributed by atoms with van der Waals surface area (Å²) < 4.78 is 29.2. The van der Waals surface area contributed by atoms with E-state index < -0.39 is 29.2 Å². The van der Waals surface area contributed by atoms with E-state index in [1.54, 1.807) is 0 Å². The molecule has 1 heterocycles. The number of aliphatic hydroxyl groups is 1. The molecule has 1 amide bonds. The van der Waals surface area contributed by atoms with E-state index in [-0.39, 0.29) is 23.4 Å². The molecule has 2 aromatic carbocycles. The largest absolute Gasteiger partial charge is 0.398 e. The number of nitrogen functional groups attached to an aromatic ring is 1. The van der Waals surface area contributed by atoms with Crippen molar-refractivity contribution >= 4 is 23.2 Å². The molecule has 152 valence electrons. The Balaban J connectivity index is 1.95. The van der Waals surface area contributed by atoms with E-state index in [1.165, 1.54) is 42.5 Å². The van der Waals surface area contributed by atoms with E-state index in [0.717, 1.165) is 12.1 Å². The molecule has 2 atom stereocenters. The Kier molecular flexibility index (Phi) is 5.81. The Hall–Kier alpha value is -3.04. The lowest BCUT2D eigenvalue weighted by Crippen LogP contribution is -2.52. The lowest BCUT2D eigenvalue weighted by atomic mass is 9.86. The number of nitrogens with zero attached hydrogens (tertiary/aromatic N) is 3. The van der Waals surface area contributed by atoms with Crippen LogP contribution in [0.1, 0.15) is 22.8 Å². The highest BCUT2D eigenvalue weighted by Crippen LogP contribution is 2.30. The van der Waals surface area contributed by atoms with Crippen LogP contribution in [0.15, 0.2) is 49.1 Å². The normalized spacial score (nSPS) is 14.2. The van der Waals surface area contributed by atoms with Crippen molar-refractivity contribution in [3.8, 4) is 0 Å². The predicted octanol–water partition coefficient (Wildman–Crippen LogP) is 2.50. The van der Waals surface area contributed by atoms with Crippen LogP contribution >= 0.6 is 11.6 Å². The first-order valence-corrected chi connectivity index (χ1v) is 8.94. The Labute approximate surface area is 170 Å². The number of carbonyl (C=O) groups is 1. The van der Waals surface area contributed by atoms with Crippen LogP contribution in [0.2, 0.25) is 5.02 Å². The SMILES string of the molecule is CC(NC(=O)c1ccc(Cl)cc1N)C(O)(Cn1cncn1)c1ccc(F)cc1F. The van der Waals surface area contributed by atoms with Crippen LogP contribution in [-0.2, 0) is 12.1 Å². The minimum Gasteiger partial charge on any atom is -0.398 e. The molecule has 0 radical (unpaired) electrons. The molecule has 0 saturated heterocycles. The molecule has 4 N–H and O–H groups in total. The van der Waals surface area contributed by atoms with Gasteiger partial charge in [-0.1, -0.05) is 17.7 Å². The minimum absolute atomic E-state index is 0.143. The summed E-state index contributed by atoms with van der Waals surface area (Å²) in [5.74, 6) is -2.34. The van der Waals surface area contributed by atoms with Gasteiger partial charge in [0.15, 0.2) is 0 Å². The summed E-state index contributed by atoms with van der Waals surface area (Å²) in [6.45, 7) is 1.25. The number of hydrogen-bond donors (Lipinski definition) is 3. The fraction of sp³-hybridized carbons (Fsp3) is 0.211. The van der Waals surface area contributed by atoms with E-state index in [0.29, 0.717) is 11.1 Å². The van der Waals surface area contributed by atoms with E-state index in [1.807, 2.05) is 0 Å². The predicted molar refractivity (Wildman–Crippen MR) is 103 cm³/mol. The highest BCUT2D eigenvalue weighted by atomic mass is 35.5. The Morgan fingerprint density at radius 2 is 2.10 bits per heavy atom. The number of nitrogens with one attached hydrogen (secondary N) is 1. The topological polar surface area (TPSA) is 106 Å². The van der Waals surface area contributed by atoms with Gasteiger partial charge in [0, 0.05) is 22.3 Å². The molecule has 0 aliphatic rings. The van der Waals surface area contributed by atoms with Gasteiger partial charge in [0.25, 0.3) is 5.91 Å². The van der Waals surface area contributed by atoms with Crippen molar-refractivity contribution < 1.29 is 18.7 Å². The first-order chi connectivity index (χ1) is 13.7. The van der Waals surface area contributed by atoms with Crippen LogP contribution < -0.4 is 11.1 Å². The molecule has 0 aliphatic carbocycles. The molecule has 0 spiro atoms. The molecule has 0 saturated carbocycles. The van der Waals surface area contributed by atoms with Gasteiger partial charge in [-0.15, -0.1) is 0 Å². The van der Waals surface area contributed by atoms with Gasteiger partial charge in [0.1, 0.15) is 29.9 Å². The lowest BCUT2D eigenvalue weighted by Gasteiger charge is -2.35. The molecule has 0 aliphatic heterocycles. The summed E-state index contributed by atoms with van der Waals surface area (Å²) in [7, 11) is 0. The number of hydrogen-bond acceptors (Lipinski definition) is 5. The quantitative estimate of drug-likeness (QED) is 0.530. The number of amides is 1. The van der Waals surface area contributed by atoms with E-state index in [9.17, 15) is 18.7 Å². The zero-order chi connectivity index (χ0) is 21.2. The number of anilines is 1. The summed E-state index contributed by atoms with van der Waals surface area (Å²) in [6, 6.07) is 6.15. The van der Waals surface area contributed by atoms with Crippen molar-refractivity contribution in [3.63, 3.8) is 0 Å². The first kappa shape index (κ1) is 20.7. The third-order valence-electron chi connectivity index (χ3n) is 4.59. The number of nitrogens with two attached hydrogens (primary N) is 1. The summed E-state index contributed by atoms with van der Waals surface area (Å²) in [5, 5.41) is 18.3. The van der Waals surface area contributed by atoms with Crippen LogP contribution in [0, 0.1) is 11.6 Å². The summed E-state index contributed by atoms with van der Waals surface area (Å²) >= 11 is 5.85. The first-order valence-electron chi connectivity index (χ1n) is 8.57. The maximum atomic E-state index is 14.5.